The van der Waals surface area contributed by atoms with E-state index in [1.807, 2.05) is 24.1 Å². The number of rotatable bonds is 3. The van der Waals surface area contributed by atoms with E-state index in [0.717, 1.165) is 25.9 Å². The fourth-order valence-corrected chi connectivity index (χ4v) is 3.15. The fourth-order valence-electron chi connectivity index (χ4n) is 3.15. The first kappa shape index (κ1) is 14.0. The summed E-state index contributed by atoms with van der Waals surface area (Å²) >= 11 is 0. The topological polar surface area (TPSA) is 32.3 Å². The molecule has 1 amide bonds. The highest BCUT2D eigenvalue weighted by molar-refractivity contribution is 6.07. The number of amides is 1. The van der Waals surface area contributed by atoms with Crippen LogP contribution >= 0.6 is 0 Å². The van der Waals surface area contributed by atoms with Gasteiger partial charge in [0.1, 0.15) is 5.82 Å². The van der Waals surface area contributed by atoms with E-state index in [4.69, 9.17) is 0 Å². The molecule has 1 atom stereocenters. The highest BCUT2D eigenvalue weighted by atomic mass is 19.1. The minimum atomic E-state index is -0.282. The number of nitrogens with one attached hydrogen (secondary N) is 1. The summed E-state index contributed by atoms with van der Waals surface area (Å²) in [5, 5.41) is 4.34. The van der Waals surface area contributed by atoms with Gasteiger partial charge in [0, 0.05) is 30.1 Å². The zero-order chi connectivity index (χ0) is 14.8. The molecule has 1 saturated heterocycles. The molecular weight excluding hydrogens is 267 g/mol. The fraction of sp³-hybridized carbons (Fsp3) is 0.353. The SMILES string of the molecule is CNCC1CCCN1C(=O)c1ccc(F)c2ccccc12. The lowest BCUT2D eigenvalue weighted by Crippen LogP contribution is -2.40. The highest BCUT2D eigenvalue weighted by Gasteiger charge is 2.29. The van der Waals surface area contributed by atoms with Crippen LogP contribution in [0.2, 0.25) is 0 Å². The van der Waals surface area contributed by atoms with E-state index < -0.39 is 0 Å². The molecule has 1 heterocycles. The molecule has 0 spiro atoms. The average Bonchev–Trinajstić information content (AvgIpc) is 2.96. The zero-order valence-electron chi connectivity index (χ0n) is 12.1. The molecule has 3 rings (SSSR count). The third-order valence-electron chi connectivity index (χ3n) is 4.18. The number of fused-ring (bicyclic) bond motifs is 1. The number of nitrogens with zero attached hydrogens (tertiary/aromatic N) is 1. The third-order valence-corrected chi connectivity index (χ3v) is 4.18. The van der Waals surface area contributed by atoms with Crippen molar-refractivity contribution in [3.63, 3.8) is 0 Å². The van der Waals surface area contributed by atoms with Crippen molar-refractivity contribution in [1.29, 1.82) is 0 Å². The Morgan fingerprint density at radius 1 is 1.29 bits per heavy atom. The van der Waals surface area contributed by atoms with E-state index in [1.165, 1.54) is 6.07 Å². The summed E-state index contributed by atoms with van der Waals surface area (Å²) < 4.78 is 13.9. The molecule has 0 bridgehead atoms. The number of benzene rings is 2. The lowest BCUT2D eigenvalue weighted by Gasteiger charge is -2.25. The van der Waals surface area contributed by atoms with Gasteiger partial charge in [0.15, 0.2) is 0 Å². The second-order valence-corrected chi connectivity index (χ2v) is 5.49. The molecule has 2 aromatic carbocycles. The number of carbonyl (C=O) groups is 1. The Bertz CT molecular complexity index is 671. The Labute approximate surface area is 123 Å². The third kappa shape index (κ3) is 2.51. The predicted molar refractivity (Wildman–Crippen MR) is 81.9 cm³/mol. The van der Waals surface area contributed by atoms with Gasteiger partial charge in [-0.2, -0.15) is 0 Å². The van der Waals surface area contributed by atoms with Crippen LogP contribution in [0.3, 0.4) is 0 Å². The van der Waals surface area contributed by atoms with Crippen molar-refractivity contribution < 1.29 is 9.18 Å². The number of likely N-dealkylation sites (N-methyl/N-ethyl adjacent to an activating group) is 1. The summed E-state index contributed by atoms with van der Waals surface area (Å²) in [6.07, 6.45) is 2.04. The monoisotopic (exact) mass is 286 g/mol. The zero-order valence-corrected chi connectivity index (χ0v) is 12.1. The Morgan fingerprint density at radius 2 is 2.05 bits per heavy atom. The molecule has 21 heavy (non-hydrogen) atoms. The molecule has 4 heteroatoms. The molecular formula is C17H19FN2O. The molecule has 0 saturated carbocycles. The number of hydrogen-bond donors (Lipinski definition) is 1. The van der Waals surface area contributed by atoms with Crippen LogP contribution in [-0.2, 0) is 0 Å². The normalized spacial score (nSPS) is 18.4. The average molecular weight is 286 g/mol. The number of carbonyl (C=O) groups excluding carboxylic acids is 1. The van der Waals surface area contributed by atoms with Crippen molar-refractivity contribution >= 4 is 16.7 Å². The number of halogens is 1. The lowest BCUT2D eigenvalue weighted by molar-refractivity contribution is 0.0739. The van der Waals surface area contributed by atoms with Crippen LogP contribution in [0, 0.1) is 5.82 Å². The summed E-state index contributed by atoms with van der Waals surface area (Å²) in [5.74, 6) is -0.278. The molecule has 110 valence electrons. The second kappa shape index (κ2) is 5.82. The summed E-state index contributed by atoms with van der Waals surface area (Å²) in [4.78, 5) is 14.7. The standard InChI is InChI=1S/C17H19FN2O/c1-19-11-12-5-4-10-20(12)17(21)15-8-9-16(18)14-7-3-2-6-13(14)15/h2-3,6-9,12,19H,4-5,10-11H2,1H3. The van der Waals surface area contributed by atoms with Gasteiger partial charge in [0.2, 0.25) is 0 Å². The van der Waals surface area contributed by atoms with E-state index in [1.54, 1.807) is 18.2 Å². The van der Waals surface area contributed by atoms with Gasteiger partial charge in [-0.15, -0.1) is 0 Å². The summed E-state index contributed by atoms with van der Waals surface area (Å²) in [7, 11) is 1.90. The Morgan fingerprint density at radius 3 is 2.81 bits per heavy atom. The largest absolute Gasteiger partial charge is 0.334 e. The summed E-state index contributed by atoms with van der Waals surface area (Å²) in [6, 6.07) is 10.4. The van der Waals surface area contributed by atoms with Crippen molar-refractivity contribution in [2.45, 2.75) is 18.9 Å². The van der Waals surface area contributed by atoms with Crippen molar-refractivity contribution in [3.8, 4) is 0 Å². The molecule has 1 aliphatic rings. The van der Waals surface area contributed by atoms with Gasteiger partial charge in [-0.25, -0.2) is 4.39 Å². The molecule has 2 aromatic rings. The molecule has 1 fully saturated rings. The van der Waals surface area contributed by atoms with E-state index in [-0.39, 0.29) is 17.8 Å². The van der Waals surface area contributed by atoms with Gasteiger partial charge in [0.05, 0.1) is 0 Å². The van der Waals surface area contributed by atoms with Gasteiger partial charge in [-0.3, -0.25) is 4.79 Å². The van der Waals surface area contributed by atoms with Crippen molar-refractivity contribution in [1.82, 2.24) is 10.2 Å². The van der Waals surface area contributed by atoms with Gasteiger partial charge in [-0.1, -0.05) is 24.3 Å². The highest BCUT2D eigenvalue weighted by Crippen LogP contribution is 2.26. The maximum absolute atomic E-state index is 13.9. The van der Waals surface area contributed by atoms with Crippen LogP contribution in [0.15, 0.2) is 36.4 Å². The van der Waals surface area contributed by atoms with Crippen LogP contribution in [0.4, 0.5) is 4.39 Å². The van der Waals surface area contributed by atoms with Crippen LogP contribution in [0.25, 0.3) is 10.8 Å². The first-order valence-corrected chi connectivity index (χ1v) is 7.35. The summed E-state index contributed by atoms with van der Waals surface area (Å²) in [5.41, 5.74) is 0.593. The van der Waals surface area contributed by atoms with Gasteiger partial charge < -0.3 is 10.2 Å². The van der Waals surface area contributed by atoms with E-state index in [9.17, 15) is 9.18 Å². The molecule has 0 aromatic heterocycles. The van der Waals surface area contributed by atoms with Crippen molar-refractivity contribution in [2.75, 3.05) is 20.1 Å². The van der Waals surface area contributed by atoms with E-state index in [0.29, 0.717) is 16.3 Å². The van der Waals surface area contributed by atoms with Crippen LogP contribution in [0.1, 0.15) is 23.2 Å². The molecule has 1 N–H and O–H groups in total. The molecule has 1 unspecified atom stereocenters. The molecule has 1 aliphatic heterocycles. The first-order chi connectivity index (χ1) is 10.2. The minimum absolute atomic E-state index is 0.00366. The second-order valence-electron chi connectivity index (χ2n) is 5.49. The van der Waals surface area contributed by atoms with Crippen LogP contribution in [-0.4, -0.2) is 37.0 Å². The minimum Gasteiger partial charge on any atom is -0.334 e. The first-order valence-electron chi connectivity index (χ1n) is 7.35. The number of hydrogen-bond acceptors (Lipinski definition) is 2. The van der Waals surface area contributed by atoms with Crippen molar-refractivity contribution in [2.24, 2.45) is 0 Å². The Balaban J connectivity index is 2.00. The maximum atomic E-state index is 13.9. The molecule has 0 aliphatic carbocycles. The maximum Gasteiger partial charge on any atom is 0.254 e. The van der Waals surface area contributed by atoms with Gasteiger partial charge in [-0.05, 0) is 37.4 Å². The van der Waals surface area contributed by atoms with E-state index in [2.05, 4.69) is 5.32 Å². The van der Waals surface area contributed by atoms with Gasteiger partial charge >= 0.3 is 0 Å². The summed E-state index contributed by atoms with van der Waals surface area (Å²) in [6.45, 7) is 1.57. The van der Waals surface area contributed by atoms with Crippen molar-refractivity contribution in [3.05, 3.63) is 47.8 Å². The van der Waals surface area contributed by atoms with E-state index >= 15 is 0 Å². The van der Waals surface area contributed by atoms with Crippen LogP contribution < -0.4 is 5.32 Å². The molecule has 0 radical (unpaired) electrons. The quantitative estimate of drug-likeness (QED) is 0.941. The predicted octanol–water partition coefficient (Wildman–Crippen LogP) is 2.80. The van der Waals surface area contributed by atoms with Crippen LogP contribution in [0.5, 0.6) is 0 Å². The smallest absolute Gasteiger partial charge is 0.254 e. The number of likely N-dealkylation sites (tertiary alicyclic amines) is 1. The lowest BCUT2D eigenvalue weighted by atomic mass is 10.0. The molecule has 3 nitrogen and oxygen atoms in total. The Kier molecular flexibility index (Phi) is 3.88. The Hall–Kier alpha value is -1.94. The van der Waals surface area contributed by atoms with Gasteiger partial charge in [0.25, 0.3) is 5.91 Å².